The van der Waals surface area contributed by atoms with Gasteiger partial charge in [-0.05, 0) is 43.4 Å². The fraction of sp³-hybridized carbons (Fsp3) is 0.600. The van der Waals surface area contributed by atoms with E-state index in [1.165, 1.54) is 0 Å². The van der Waals surface area contributed by atoms with Gasteiger partial charge in [0.25, 0.3) is 0 Å². The standard InChI is InChI=1S/C25H33N3O5/c1-4-5-10-28-23(30)21(22(29)17(2)3)26-24(31)25(28)8-11-27(12-9-25)16-18-6-7-19-20(15-18)33-14-13-32-19/h6-7,15,17,21-22,29H,8-14,16H2,1-3H3,(H,26,31)/t21-,22-/m1/s1. The maximum Gasteiger partial charge on any atom is 0.249 e. The van der Waals surface area contributed by atoms with Gasteiger partial charge in [0.1, 0.15) is 24.8 Å². The molecule has 0 radical (unpaired) electrons. The highest BCUT2D eigenvalue weighted by Crippen LogP contribution is 2.35. The fourth-order valence-corrected chi connectivity index (χ4v) is 4.86. The van der Waals surface area contributed by atoms with Crippen LogP contribution in [0.4, 0.5) is 0 Å². The predicted octanol–water partition coefficient (Wildman–Crippen LogP) is 1.16. The lowest BCUT2D eigenvalue weighted by Gasteiger charge is -2.51. The van der Waals surface area contributed by atoms with Crippen LogP contribution in [0.3, 0.4) is 0 Å². The van der Waals surface area contributed by atoms with E-state index in [0.717, 1.165) is 23.6 Å². The number of ether oxygens (including phenoxy) is 2. The summed E-state index contributed by atoms with van der Waals surface area (Å²) < 4.78 is 11.3. The number of piperazine rings is 1. The summed E-state index contributed by atoms with van der Waals surface area (Å²) in [4.78, 5) is 30.6. The van der Waals surface area contributed by atoms with Crippen molar-refractivity contribution < 1.29 is 24.2 Å². The highest BCUT2D eigenvalue weighted by molar-refractivity contribution is 6.00. The van der Waals surface area contributed by atoms with E-state index < -0.39 is 17.7 Å². The Labute approximate surface area is 195 Å². The second-order valence-electron chi connectivity index (χ2n) is 9.32. The van der Waals surface area contributed by atoms with Gasteiger partial charge in [-0.3, -0.25) is 14.5 Å². The van der Waals surface area contributed by atoms with Gasteiger partial charge < -0.3 is 24.8 Å². The van der Waals surface area contributed by atoms with Crippen molar-refractivity contribution in [2.45, 2.75) is 57.8 Å². The smallest absolute Gasteiger partial charge is 0.249 e. The maximum absolute atomic E-state index is 13.3. The quantitative estimate of drug-likeness (QED) is 0.648. The molecule has 0 bridgehead atoms. The van der Waals surface area contributed by atoms with Crippen molar-refractivity contribution in [3.63, 3.8) is 0 Å². The number of aliphatic hydroxyl groups excluding tert-OH is 1. The summed E-state index contributed by atoms with van der Waals surface area (Å²) in [7, 11) is 0. The Morgan fingerprint density at radius 2 is 1.88 bits per heavy atom. The number of likely N-dealkylation sites (tertiary alicyclic amines) is 1. The van der Waals surface area contributed by atoms with Gasteiger partial charge in [-0.1, -0.05) is 25.8 Å². The summed E-state index contributed by atoms with van der Waals surface area (Å²) >= 11 is 0. The van der Waals surface area contributed by atoms with Crippen LogP contribution in [0.1, 0.15) is 39.2 Å². The number of hydrogen-bond acceptors (Lipinski definition) is 6. The van der Waals surface area contributed by atoms with E-state index in [9.17, 15) is 14.7 Å². The van der Waals surface area contributed by atoms with Crippen molar-refractivity contribution in [1.82, 2.24) is 15.1 Å². The van der Waals surface area contributed by atoms with Crippen molar-refractivity contribution in [3.05, 3.63) is 23.8 Å². The number of nitrogens with one attached hydrogen (secondary N) is 1. The molecule has 8 nitrogen and oxygen atoms in total. The number of nitrogens with zero attached hydrogens (tertiary/aromatic N) is 2. The summed E-state index contributed by atoms with van der Waals surface area (Å²) in [5.41, 5.74) is 0.186. The van der Waals surface area contributed by atoms with E-state index in [4.69, 9.17) is 9.47 Å². The molecule has 0 aliphatic carbocycles. The molecule has 2 N–H and O–H groups in total. The highest BCUT2D eigenvalue weighted by Gasteiger charge is 2.54. The largest absolute Gasteiger partial charge is 0.486 e. The van der Waals surface area contributed by atoms with Crippen LogP contribution in [-0.4, -0.2) is 77.3 Å². The molecule has 2 amide bonds. The number of aliphatic hydroxyl groups is 1. The zero-order valence-electron chi connectivity index (χ0n) is 19.6. The van der Waals surface area contributed by atoms with Crippen molar-refractivity contribution in [1.29, 1.82) is 0 Å². The molecule has 178 valence electrons. The van der Waals surface area contributed by atoms with Crippen LogP contribution in [0.15, 0.2) is 18.2 Å². The lowest BCUT2D eigenvalue weighted by Crippen LogP contribution is -2.74. The molecule has 1 aromatic rings. The first-order valence-corrected chi connectivity index (χ1v) is 11.7. The fourth-order valence-electron chi connectivity index (χ4n) is 4.86. The van der Waals surface area contributed by atoms with Crippen LogP contribution >= 0.6 is 0 Å². The summed E-state index contributed by atoms with van der Waals surface area (Å²) in [6.07, 6.45) is 0.0990. The molecule has 8 heteroatoms. The first-order chi connectivity index (χ1) is 15.9. The molecule has 3 aliphatic rings. The Kier molecular flexibility index (Phi) is 6.82. The van der Waals surface area contributed by atoms with Crippen LogP contribution in [0.5, 0.6) is 11.5 Å². The second kappa shape index (κ2) is 9.62. The predicted molar refractivity (Wildman–Crippen MR) is 123 cm³/mol. The number of hydrogen-bond donors (Lipinski definition) is 2. The Balaban J connectivity index is 1.48. The average Bonchev–Trinajstić information content (AvgIpc) is 2.82. The Morgan fingerprint density at radius 3 is 2.55 bits per heavy atom. The normalized spacial score (nSPS) is 23.2. The van der Waals surface area contributed by atoms with E-state index >= 15 is 0 Å². The van der Waals surface area contributed by atoms with E-state index in [2.05, 4.69) is 22.1 Å². The molecule has 1 aromatic carbocycles. The van der Waals surface area contributed by atoms with Gasteiger partial charge in [0, 0.05) is 19.6 Å². The Morgan fingerprint density at radius 1 is 1.18 bits per heavy atom. The van der Waals surface area contributed by atoms with Crippen LogP contribution in [0, 0.1) is 17.8 Å². The topological polar surface area (TPSA) is 91.3 Å². The molecule has 0 aromatic heterocycles. The SMILES string of the molecule is CC#CCN1C(=O)[C@@H]([C@H](O)C(C)C)NC(=O)C12CCN(Cc1ccc3c(c1)OCCO3)CC2. The molecule has 3 heterocycles. The molecule has 3 aliphatic heterocycles. The van der Waals surface area contributed by atoms with Gasteiger partial charge in [0.2, 0.25) is 11.8 Å². The lowest BCUT2D eigenvalue weighted by molar-refractivity contribution is -0.164. The number of amides is 2. The van der Waals surface area contributed by atoms with Gasteiger partial charge in [-0.2, -0.15) is 0 Å². The maximum atomic E-state index is 13.3. The van der Waals surface area contributed by atoms with Crippen LogP contribution in [0.2, 0.25) is 0 Å². The van der Waals surface area contributed by atoms with Crippen LogP contribution < -0.4 is 14.8 Å². The highest BCUT2D eigenvalue weighted by atomic mass is 16.6. The first kappa shape index (κ1) is 23.4. The second-order valence-corrected chi connectivity index (χ2v) is 9.32. The molecule has 2 fully saturated rings. The van der Waals surface area contributed by atoms with Gasteiger partial charge in [-0.25, -0.2) is 0 Å². The first-order valence-electron chi connectivity index (χ1n) is 11.7. The number of rotatable bonds is 5. The molecular weight excluding hydrogens is 422 g/mol. The van der Waals surface area contributed by atoms with Gasteiger partial charge in [-0.15, -0.1) is 5.92 Å². The van der Waals surface area contributed by atoms with Crippen molar-refractivity contribution in [2.24, 2.45) is 5.92 Å². The minimum atomic E-state index is -0.939. The monoisotopic (exact) mass is 455 g/mol. The van der Waals surface area contributed by atoms with E-state index in [-0.39, 0.29) is 24.3 Å². The average molecular weight is 456 g/mol. The Bertz CT molecular complexity index is 959. The number of benzene rings is 1. The molecular formula is C25H33N3O5. The zero-order chi connectivity index (χ0) is 23.6. The summed E-state index contributed by atoms with van der Waals surface area (Å²) in [6, 6.07) is 5.05. The van der Waals surface area contributed by atoms with Crippen LogP contribution in [-0.2, 0) is 16.1 Å². The number of piperidine rings is 1. The minimum absolute atomic E-state index is 0.153. The van der Waals surface area contributed by atoms with Gasteiger partial charge >= 0.3 is 0 Å². The van der Waals surface area contributed by atoms with Gasteiger partial charge in [0.05, 0.1) is 12.6 Å². The van der Waals surface area contributed by atoms with Crippen molar-refractivity contribution >= 4 is 11.8 Å². The Hall–Kier alpha value is -2.76. The van der Waals surface area contributed by atoms with Gasteiger partial charge in [0.15, 0.2) is 11.5 Å². The third-order valence-corrected chi connectivity index (χ3v) is 6.89. The third-order valence-electron chi connectivity index (χ3n) is 6.89. The van der Waals surface area contributed by atoms with E-state index in [1.54, 1.807) is 11.8 Å². The summed E-state index contributed by atoms with van der Waals surface area (Å²) in [5, 5.41) is 13.4. The van der Waals surface area contributed by atoms with E-state index in [0.29, 0.717) is 39.1 Å². The summed E-state index contributed by atoms with van der Waals surface area (Å²) in [5.74, 6) is 6.74. The number of carbonyl (C=O) groups is 2. The number of fused-ring (bicyclic) bond motifs is 1. The molecule has 0 unspecified atom stereocenters. The minimum Gasteiger partial charge on any atom is -0.486 e. The molecule has 2 saturated heterocycles. The van der Waals surface area contributed by atoms with Crippen molar-refractivity contribution in [2.75, 3.05) is 32.8 Å². The van der Waals surface area contributed by atoms with Crippen molar-refractivity contribution in [3.8, 4) is 23.3 Å². The number of carbonyl (C=O) groups excluding carboxylic acids is 2. The molecule has 33 heavy (non-hydrogen) atoms. The summed E-state index contributed by atoms with van der Waals surface area (Å²) in [6.45, 7) is 8.76. The lowest BCUT2D eigenvalue weighted by atomic mass is 9.80. The molecule has 0 saturated carbocycles. The molecule has 2 atom stereocenters. The van der Waals surface area contributed by atoms with E-state index in [1.807, 2.05) is 32.0 Å². The molecule has 4 rings (SSSR count). The van der Waals surface area contributed by atoms with Crippen LogP contribution in [0.25, 0.3) is 0 Å². The third kappa shape index (κ3) is 4.53. The molecule has 1 spiro atoms. The zero-order valence-corrected chi connectivity index (χ0v) is 19.6.